The first-order chi connectivity index (χ1) is 9.67. The molecule has 0 fully saturated rings. The van der Waals surface area contributed by atoms with E-state index in [1.54, 1.807) is 6.20 Å². The van der Waals surface area contributed by atoms with Crippen LogP contribution in [0.1, 0.15) is 0 Å². The Kier molecular flexibility index (Phi) is 3.59. The number of nitrogen functional groups attached to an aromatic ring is 1. The fourth-order valence-electron chi connectivity index (χ4n) is 1.71. The van der Waals surface area contributed by atoms with Gasteiger partial charge in [0.25, 0.3) is 0 Å². The minimum Gasteiger partial charge on any atom is -0.339 e. The van der Waals surface area contributed by atoms with Crippen LogP contribution in [0.15, 0.2) is 24.4 Å². The van der Waals surface area contributed by atoms with Gasteiger partial charge in [0.05, 0.1) is 17.3 Å². The van der Waals surface area contributed by atoms with E-state index in [0.717, 1.165) is 14.6 Å². The number of anilines is 3. The number of fused-ring (bicyclic) bond motifs is 1. The average molecular weight is 402 g/mol. The quantitative estimate of drug-likeness (QED) is 0.305. The molecular weight excluding hydrogens is 393 g/mol. The van der Waals surface area contributed by atoms with Gasteiger partial charge in [0, 0.05) is 8.59 Å². The second-order valence-corrected chi connectivity index (χ2v) is 5.52. The van der Waals surface area contributed by atoms with Crippen LogP contribution in [0.25, 0.3) is 11.0 Å². The van der Waals surface area contributed by atoms with Crippen molar-refractivity contribution in [2.24, 2.45) is 5.84 Å². The molecule has 0 bridgehead atoms. The second-order valence-electron chi connectivity index (χ2n) is 3.92. The molecule has 3 rings (SSSR count). The van der Waals surface area contributed by atoms with Crippen molar-refractivity contribution in [1.82, 2.24) is 20.2 Å². The molecule has 0 spiro atoms. The van der Waals surface area contributed by atoms with Crippen molar-refractivity contribution in [3.63, 3.8) is 0 Å². The van der Waals surface area contributed by atoms with E-state index in [1.807, 2.05) is 18.2 Å². The van der Waals surface area contributed by atoms with Crippen LogP contribution in [0, 0.1) is 3.57 Å². The number of hydrazine groups is 1. The molecule has 2 aromatic heterocycles. The van der Waals surface area contributed by atoms with Crippen molar-refractivity contribution in [3.8, 4) is 0 Å². The smallest absolute Gasteiger partial charge is 0.241 e. The molecule has 3 aromatic rings. The van der Waals surface area contributed by atoms with Crippen LogP contribution in [0.2, 0.25) is 5.02 Å². The average Bonchev–Trinajstić information content (AvgIpc) is 2.90. The molecule has 1 aromatic carbocycles. The van der Waals surface area contributed by atoms with E-state index in [0.29, 0.717) is 22.4 Å². The summed E-state index contributed by atoms with van der Waals surface area (Å²) >= 11 is 8.14. The molecule has 0 aliphatic rings. The standard InChI is InChI=1S/C11H9ClIN7/c12-5-1-2-8(7(13)3-5)16-9-6-4-15-20-10(6)18-11(17-9)19-14/h1-4H,14H2,(H3,15,16,17,18,19,20). The Morgan fingerprint density at radius 2 is 2.15 bits per heavy atom. The number of halogens is 2. The Morgan fingerprint density at radius 1 is 1.30 bits per heavy atom. The van der Waals surface area contributed by atoms with Crippen molar-refractivity contribution >= 4 is 62.7 Å². The number of benzene rings is 1. The van der Waals surface area contributed by atoms with Crippen molar-refractivity contribution in [3.05, 3.63) is 33.0 Å². The summed E-state index contributed by atoms with van der Waals surface area (Å²) in [7, 11) is 0. The highest BCUT2D eigenvalue weighted by Crippen LogP contribution is 2.28. The molecule has 7 nitrogen and oxygen atoms in total. The molecule has 0 unspecified atom stereocenters. The summed E-state index contributed by atoms with van der Waals surface area (Å²) in [5.41, 5.74) is 3.91. The molecule has 9 heteroatoms. The van der Waals surface area contributed by atoms with E-state index >= 15 is 0 Å². The highest BCUT2D eigenvalue weighted by Gasteiger charge is 2.10. The van der Waals surface area contributed by atoms with Gasteiger partial charge in [0.15, 0.2) is 5.65 Å². The van der Waals surface area contributed by atoms with Crippen LogP contribution in [0.3, 0.4) is 0 Å². The number of aromatic amines is 1. The summed E-state index contributed by atoms with van der Waals surface area (Å²) in [6.07, 6.45) is 1.65. The predicted molar refractivity (Wildman–Crippen MR) is 86.9 cm³/mol. The first-order valence-corrected chi connectivity index (χ1v) is 7.03. The van der Waals surface area contributed by atoms with E-state index in [9.17, 15) is 0 Å². The van der Waals surface area contributed by atoms with Gasteiger partial charge in [-0.05, 0) is 40.8 Å². The van der Waals surface area contributed by atoms with Gasteiger partial charge < -0.3 is 5.32 Å². The van der Waals surface area contributed by atoms with E-state index in [-0.39, 0.29) is 0 Å². The zero-order valence-electron chi connectivity index (χ0n) is 9.98. The number of nitrogens with one attached hydrogen (secondary N) is 3. The highest BCUT2D eigenvalue weighted by molar-refractivity contribution is 14.1. The van der Waals surface area contributed by atoms with E-state index in [4.69, 9.17) is 17.4 Å². The van der Waals surface area contributed by atoms with Gasteiger partial charge in [-0.1, -0.05) is 11.6 Å². The normalized spacial score (nSPS) is 10.8. The highest BCUT2D eigenvalue weighted by atomic mass is 127. The Hall–Kier alpha value is -1.65. The maximum Gasteiger partial charge on any atom is 0.241 e. The third-order valence-electron chi connectivity index (χ3n) is 2.62. The number of H-pyrrole nitrogens is 1. The van der Waals surface area contributed by atoms with Crippen molar-refractivity contribution in [1.29, 1.82) is 0 Å². The fraction of sp³-hybridized carbons (Fsp3) is 0. The number of nitrogens with zero attached hydrogens (tertiary/aromatic N) is 3. The number of nitrogens with two attached hydrogens (primary N) is 1. The minimum absolute atomic E-state index is 0.299. The van der Waals surface area contributed by atoms with Gasteiger partial charge >= 0.3 is 0 Å². The van der Waals surface area contributed by atoms with Gasteiger partial charge in [-0.25, -0.2) is 5.84 Å². The Balaban J connectivity index is 2.07. The third kappa shape index (κ3) is 2.49. The van der Waals surface area contributed by atoms with Crippen molar-refractivity contribution in [2.75, 3.05) is 10.7 Å². The zero-order chi connectivity index (χ0) is 14.1. The summed E-state index contributed by atoms with van der Waals surface area (Å²) in [5, 5.41) is 11.4. The summed E-state index contributed by atoms with van der Waals surface area (Å²) in [4.78, 5) is 8.46. The lowest BCUT2D eigenvalue weighted by molar-refractivity contribution is 1.08. The van der Waals surface area contributed by atoms with Crippen LogP contribution in [-0.4, -0.2) is 20.2 Å². The maximum absolute atomic E-state index is 5.95. The zero-order valence-corrected chi connectivity index (χ0v) is 12.9. The molecule has 20 heavy (non-hydrogen) atoms. The topological polar surface area (TPSA) is 105 Å². The lowest BCUT2D eigenvalue weighted by Crippen LogP contribution is -2.11. The number of rotatable bonds is 3. The predicted octanol–water partition coefficient (Wildman–Crippen LogP) is 2.64. The lowest BCUT2D eigenvalue weighted by Gasteiger charge is -2.10. The van der Waals surface area contributed by atoms with E-state index in [1.165, 1.54) is 0 Å². The van der Waals surface area contributed by atoms with E-state index < -0.39 is 0 Å². The third-order valence-corrected chi connectivity index (χ3v) is 3.75. The van der Waals surface area contributed by atoms with Crippen LogP contribution < -0.4 is 16.6 Å². The molecule has 0 saturated heterocycles. The minimum atomic E-state index is 0.299. The Bertz CT molecular complexity index is 773. The van der Waals surface area contributed by atoms with Crippen LogP contribution in [0.4, 0.5) is 17.5 Å². The first kappa shape index (κ1) is 13.3. The van der Waals surface area contributed by atoms with Gasteiger partial charge in [-0.15, -0.1) is 0 Å². The van der Waals surface area contributed by atoms with Crippen LogP contribution in [0.5, 0.6) is 0 Å². The summed E-state index contributed by atoms with van der Waals surface area (Å²) in [6, 6.07) is 5.55. The molecule has 5 N–H and O–H groups in total. The van der Waals surface area contributed by atoms with Gasteiger partial charge in [-0.3, -0.25) is 10.5 Å². The first-order valence-electron chi connectivity index (χ1n) is 5.57. The number of hydrogen-bond acceptors (Lipinski definition) is 6. The largest absolute Gasteiger partial charge is 0.339 e. The summed E-state index contributed by atoms with van der Waals surface area (Å²) in [6.45, 7) is 0. The SMILES string of the molecule is NNc1nc(Nc2ccc(Cl)cc2I)c2cn[nH]c2n1. The monoisotopic (exact) mass is 401 g/mol. The summed E-state index contributed by atoms with van der Waals surface area (Å²) < 4.78 is 0.979. The van der Waals surface area contributed by atoms with Crippen molar-refractivity contribution < 1.29 is 0 Å². The summed E-state index contributed by atoms with van der Waals surface area (Å²) in [5.74, 6) is 6.27. The molecule has 0 aliphatic heterocycles. The van der Waals surface area contributed by atoms with Gasteiger partial charge in [0.1, 0.15) is 5.82 Å². The lowest BCUT2D eigenvalue weighted by atomic mass is 10.3. The molecule has 0 saturated carbocycles. The molecule has 0 aliphatic carbocycles. The molecule has 102 valence electrons. The maximum atomic E-state index is 5.95. The number of aromatic nitrogens is 4. The Morgan fingerprint density at radius 3 is 2.90 bits per heavy atom. The fourth-order valence-corrected chi connectivity index (χ4v) is 2.72. The Labute approximate surface area is 132 Å². The van der Waals surface area contributed by atoms with Gasteiger partial charge in [-0.2, -0.15) is 15.1 Å². The second kappa shape index (κ2) is 5.38. The van der Waals surface area contributed by atoms with E-state index in [2.05, 4.69) is 53.5 Å². The molecule has 0 amide bonds. The van der Waals surface area contributed by atoms with Crippen LogP contribution >= 0.6 is 34.2 Å². The van der Waals surface area contributed by atoms with Crippen molar-refractivity contribution in [2.45, 2.75) is 0 Å². The molecule has 2 heterocycles. The number of hydrogen-bond donors (Lipinski definition) is 4. The van der Waals surface area contributed by atoms with Gasteiger partial charge in [0.2, 0.25) is 5.95 Å². The van der Waals surface area contributed by atoms with Crippen LogP contribution in [-0.2, 0) is 0 Å². The molecule has 0 radical (unpaired) electrons. The molecular formula is C11H9ClIN7. The molecule has 0 atom stereocenters.